The fourth-order valence-corrected chi connectivity index (χ4v) is 5.48. The van der Waals surface area contributed by atoms with Crippen LogP contribution in [0.3, 0.4) is 0 Å². The average molecular weight is 533 g/mol. The van der Waals surface area contributed by atoms with Crippen LogP contribution in [0.5, 0.6) is 0 Å². The van der Waals surface area contributed by atoms with Crippen molar-refractivity contribution in [2.75, 3.05) is 23.8 Å². The minimum atomic E-state index is -1.07. The van der Waals surface area contributed by atoms with Gasteiger partial charge in [0, 0.05) is 41.5 Å². The second-order valence-corrected chi connectivity index (χ2v) is 10.00. The Morgan fingerprint density at radius 2 is 2.05 bits per heavy atom. The number of aromatic amines is 1. The van der Waals surface area contributed by atoms with Crippen molar-refractivity contribution in [1.29, 1.82) is 0 Å². The van der Waals surface area contributed by atoms with Gasteiger partial charge >= 0.3 is 0 Å². The van der Waals surface area contributed by atoms with Gasteiger partial charge in [-0.15, -0.1) is 0 Å². The number of aryl methyl sites for hydroxylation is 1. The smallest absolute Gasteiger partial charge is 0.273 e. The van der Waals surface area contributed by atoms with Crippen molar-refractivity contribution in [3.63, 3.8) is 0 Å². The van der Waals surface area contributed by atoms with Crippen LogP contribution in [0.1, 0.15) is 50.2 Å². The molecule has 0 spiro atoms. The van der Waals surface area contributed by atoms with Crippen molar-refractivity contribution >= 4 is 51.5 Å². The number of carbonyl (C=O) groups excluding carboxylic acids is 3. The van der Waals surface area contributed by atoms with E-state index in [1.807, 2.05) is 49.4 Å². The molecule has 5 rings (SSSR count). The number of carbonyl (C=O) groups is 3. The number of hydrogen-bond acceptors (Lipinski definition) is 7. The van der Waals surface area contributed by atoms with Gasteiger partial charge in [-0.05, 0) is 55.1 Å². The number of amides is 3. The number of rotatable bonds is 8. The summed E-state index contributed by atoms with van der Waals surface area (Å²) in [6.07, 6.45) is 3.45. The van der Waals surface area contributed by atoms with Crippen LogP contribution >= 0.6 is 11.5 Å². The number of H-pyrrole nitrogens is 1. The van der Waals surface area contributed by atoms with E-state index in [4.69, 9.17) is 16.2 Å². The highest BCUT2D eigenvalue weighted by Gasteiger charge is 2.37. The summed E-state index contributed by atoms with van der Waals surface area (Å²) in [5, 5.41) is 3.79. The maximum absolute atomic E-state index is 14.2. The van der Waals surface area contributed by atoms with E-state index >= 15 is 0 Å². The highest BCUT2D eigenvalue weighted by molar-refractivity contribution is 7.09. The van der Waals surface area contributed by atoms with E-state index in [2.05, 4.69) is 14.7 Å². The molecule has 2 aromatic heterocycles. The lowest BCUT2D eigenvalue weighted by molar-refractivity contribution is -0.123. The summed E-state index contributed by atoms with van der Waals surface area (Å²) in [5.74, 6) is -1.78. The van der Waals surface area contributed by atoms with E-state index in [1.54, 1.807) is 12.3 Å². The molecule has 1 aliphatic rings. The molecule has 196 valence electrons. The zero-order chi connectivity index (χ0) is 26.8. The normalized spacial score (nSPS) is 15.9. The molecule has 10 nitrogen and oxygen atoms in total. The van der Waals surface area contributed by atoms with Gasteiger partial charge in [0.25, 0.3) is 11.8 Å². The first-order chi connectivity index (χ1) is 18.3. The Balaban J connectivity index is 1.65. The Bertz CT molecular complexity index is 1510. The fourth-order valence-electron chi connectivity index (χ4n) is 4.73. The predicted octanol–water partition coefficient (Wildman–Crippen LogP) is 3.30. The molecule has 0 radical (unpaired) electrons. The van der Waals surface area contributed by atoms with E-state index < -0.39 is 17.9 Å². The van der Waals surface area contributed by atoms with Crippen LogP contribution in [0.2, 0.25) is 0 Å². The topological polar surface area (TPSA) is 156 Å². The first-order valence-electron chi connectivity index (χ1n) is 12.3. The third-order valence-electron chi connectivity index (χ3n) is 6.60. The first-order valence-corrected chi connectivity index (χ1v) is 13.0. The Hall–Kier alpha value is -4.22. The second-order valence-electron chi connectivity index (χ2n) is 9.22. The number of anilines is 2. The summed E-state index contributed by atoms with van der Waals surface area (Å²) in [6, 6.07) is 13.8. The van der Waals surface area contributed by atoms with E-state index in [1.165, 1.54) is 4.90 Å². The van der Waals surface area contributed by atoms with Gasteiger partial charge in [-0.3, -0.25) is 19.3 Å². The minimum absolute atomic E-state index is 0.0251. The van der Waals surface area contributed by atoms with Crippen LogP contribution in [0.25, 0.3) is 10.9 Å². The number of aromatic nitrogens is 2. The molecule has 1 saturated heterocycles. The predicted molar refractivity (Wildman–Crippen MR) is 146 cm³/mol. The molecule has 2 aromatic carbocycles. The van der Waals surface area contributed by atoms with Gasteiger partial charge in [-0.2, -0.15) is 4.37 Å². The SMILES string of the molecule is Cc1cccc(N(C(=O)c2snc(C(N)=O)c2N)[C@H](C(=O)NC[C@@H]2CCCO2)c2c[nH]c3ccccc23)c1. The van der Waals surface area contributed by atoms with E-state index in [9.17, 15) is 14.4 Å². The van der Waals surface area contributed by atoms with Crippen LogP contribution in [0.15, 0.2) is 54.7 Å². The summed E-state index contributed by atoms with van der Waals surface area (Å²) in [4.78, 5) is 44.6. The van der Waals surface area contributed by atoms with Gasteiger partial charge in [0.15, 0.2) is 5.69 Å². The molecule has 3 heterocycles. The maximum atomic E-state index is 14.2. The van der Waals surface area contributed by atoms with Crippen LogP contribution in [0.4, 0.5) is 11.4 Å². The molecule has 1 fully saturated rings. The van der Waals surface area contributed by atoms with Crippen molar-refractivity contribution in [1.82, 2.24) is 14.7 Å². The molecule has 11 heteroatoms. The number of para-hydroxylation sites is 1. The molecule has 3 amide bonds. The van der Waals surface area contributed by atoms with Gasteiger partial charge in [-0.1, -0.05) is 30.3 Å². The number of nitrogens with zero attached hydrogens (tertiary/aromatic N) is 2. The van der Waals surface area contributed by atoms with Crippen LogP contribution in [-0.4, -0.2) is 46.3 Å². The summed E-state index contributed by atoms with van der Waals surface area (Å²) in [7, 11) is 0. The zero-order valence-corrected chi connectivity index (χ0v) is 21.6. The number of nitrogens with one attached hydrogen (secondary N) is 2. The van der Waals surface area contributed by atoms with Crippen molar-refractivity contribution < 1.29 is 19.1 Å². The monoisotopic (exact) mass is 532 g/mol. The number of fused-ring (bicyclic) bond motifs is 1. The first kappa shape index (κ1) is 25.4. The maximum Gasteiger partial charge on any atom is 0.273 e. The molecule has 0 bridgehead atoms. The Kier molecular flexibility index (Phi) is 7.12. The average Bonchev–Trinajstić information content (AvgIpc) is 3.65. The lowest BCUT2D eigenvalue weighted by Gasteiger charge is -2.31. The van der Waals surface area contributed by atoms with Crippen molar-refractivity contribution in [2.24, 2.45) is 5.73 Å². The summed E-state index contributed by atoms with van der Waals surface area (Å²) in [6.45, 7) is 2.88. The number of nitrogens with two attached hydrogens (primary N) is 2. The van der Waals surface area contributed by atoms with Gasteiger partial charge in [0.2, 0.25) is 5.91 Å². The second kappa shape index (κ2) is 10.6. The standard InChI is InChI=1S/C27H28N6O4S/c1-15-6-4-7-16(12-15)33(27(36)24-21(28)22(25(29)34)32-38-24)23(26(35)31-13-17-8-5-11-37-17)19-14-30-20-10-3-2-9-18(19)20/h2-4,6-7,9-10,12,14,17,23,30H,5,8,11,13,28H2,1H3,(H2,29,34)(H,31,35)/t17-,23-/m0/s1. The summed E-state index contributed by atoms with van der Waals surface area (Å²) in [5.41, 5.74) is 14.1. The minimum Gasteiger partial charge on any atom is -0.395 e. The third kappa shape index (κ3) is 4.85. The Labute approximate surface area is 223 Å². The molecular weight excluding hydrogens is 504 g/mol. The van der Waals surface area contributed by atoms with Gasteiger partial charge in [0.1, 0.15) is 10.9 Å². The van der Waals surface area contributed by atoms with Gasteiger partial charge in [-0.25, -0.2) is 0 Å². The van der Waals surface area contributed by atoms with Crippen molar-refractivity contribution in [3.05, 3.63) is 76.4 Å². The number of ether oxygens (including phenoxy) is 1. The molecule has 4 aromatic rings. The lowest BCUT2D eigenvalue weighted by atomic mass is 10.0. The Morgan fingerprint density at radius 3 is 2.76 bits per heavy atom. The number of primary amides is 1. The van der Waals surface area contributed by atoms with Gasteiger partial charge in [0.05, 0.1) is 11.8 Å². The third-order valence-corrected chi connectivity index (χ3v) is 7.46. The van der Waals surface area contributed by atoms with Crippen molar-refractivity contribution in [3.8, 4) is 0 Å². The van der Waals surface area contributed by atoms with Crippen LogP contribution in [0, 0.1) is 6.92 Å². The largest absolute Gasteiger partial charge is 0.395 e. The zero-order valence-electron chi connectivity index (χ0n) is 20.8. The number of hydrogen-bond donors (Lipinski definition) is 4. The fraction of sp³-hybridized carbons (Fsp3) is 0.259. The molecule has 38 heavy (non-hydrogen) atoms. The van der Waals surface area contributed by atoms with Gasteiger partial charge < -0.3 is 26.5 Å². The highest BCUT2D eigenvalue weighted by atomic mass is 32.1. The van der Waals surface area contributed by atoms with E-state index in [0.29, 0.717) is 24.4 Å². The quantitative estimate of drug-likeness (QED) is 0.273. The van der Waals surface area contributed by atoms with Crippen molar-refractivity contribution in [2.45, 2.75) is 31.9 Å². The lowest BCUT2D eigenvalue weighted by Crippen LogP contribution is -2.45. The van der Waals surface area contributed by atoms with Crippen LogP contribution in [-0.2, 0) is 9.53 Å². The molecule has 0 unspecified atom stereocenters. The molecule has 2 atom stereocenters. The summed E-state index contributed by atoms with van der Waals surface area (Å²) >= 11 is 0.777. The Morgan fingerprint density at radius 1 is 1.24 bits per heavy atom. The molecule has 1 aliphatic heterocycles. The molecule has 0 saturated carbocycles. The highest BCUT2D eigenvalue weighted by Crippen LogP contribution is 2.36. The number of benzene rings is 2. The van der Waals surface area contributed by atoms with Crippen LogP contribution < -0.4 is 21.7 Å². The number of nitrogen functional groups attached to an aromatic ring is 1. The molecule has 6 N–H and O–H groups in total. The van der Waals surface area contributed by atoms with E-state index in [-0.39, 0.29) is 28.3 Å². The summed E-state index contributed by atoms with van der Waals surface area (Å²) < 4.78 is 9.70. The van der Waals surface area contributed by atoms with E-state index in [0.717, 1.165) is 40.8 Å². The molecule has 0 aliphatic carbocycles. The molecular formula is C27H28N6O4S.